The molecule has 0 saturated heterocycles. The molecular weight excluding hydrogens is 402 g/mol. The maximum atomic E-state index is 12.9. The molecule has 1 aromatic carbocycles. The van der Waals surface area contributed by atoms with Gasteiger partial charge in [0.2, 0.25) is 11.8 Å². The largest absolute Gasteiger partial charge is 0.383 e. The summed E-state index contributed by atoms with van der Waals surface area (Å²) in [6.07, 6.45) is -0.231. The third-order valence-electron chi connectivity index (χ3n) is 4.48. The van der Waals surface area contributed by atoms with Crippen LogP contribution in [0.1, 0.15) is 26.7 Å². The number of anilines is 3. The number of aromatic nitrogens is 2. The number of benzene rings is 1. The Bertz CT molecular complexity index is 1010. The Hall–Kier alpha value is -3.40. The summed E-state index contributed by atoms with van der Waals surface area (Å²) in [5.74, 6) is -0.825. The normalized spacial score (nSPS) is 10.8. The molecule has 0 saturated carbocycles. The molecule has 0 radical (unpaired) electrons. The van der Waals surface area contributed by atoms with E-state index in [1.54, 1.807) is 24.3 Å². The van der Waals surface area contributed by atoms with Gasteiger partial charge in [-0.3, -0.25) is 23.9 Å². The summed E-state index contributed by atoms with van der Waals surface area (Å²) in [7, 11) is 1.46. The van der Waals surface area contributed by atoms with Crippen molar-refractivity contribution in [2.75, 3.05) is 36.2 Å². The van der Waals surface area contributed by atoms with Gasteiger partial charge in [-0.2, -0.15) is 0 Å². The van der Waals surface area contributed by atoms with E-state index in [0.717, 1.165) is 0 Å². The molecule has 2 rings (SSSR count). The molecule has 0 aliphatic heterocycles. The van der Waals surface area contributed by atoms with Crippen molar-refractivity contribution >= 4 is 29.0 Å². The number of hydrogen-bond donors (Lipinski definition) is 3. The van der Waals surface area contributed by atoms with E-state index < -0.39 is 17.2 Å². The Labute approximate surface area is 180 Å². The molecule has 0 aliphatic carbocycles. The van der Waals surface area contributed by atoms with Crippen molar-refractivity contribution in [2.45, 2.75) is 33.2 Å². The van der Waals surface area contributed by atoms with Crippen LogP contribution in [0.4, 0.5) is 17.2 Å². The summed E-state index contributed by atoms with van der Waals surface area (Å²) >= 11 is 0. The number of carbonyl (C=O) groups excluding carboxylic acids is 2. The van der Waals surface area contributed by atoms with E-state index in [4.69, 9.17) is 10.5 Å². The van der Waals surface area contributed by atoms with Gasteiger partial charge in [-0.25, -0.2) is 4.79 Å². The highest BCUT2D eigenvalue weighted by molar-refractivity contribution is 5.99. The number of nitrogens with two attached hydrogens (primary N) is 1. The molecular formula is C21H29N5O5. The summed E-state index contributed by atoms with van der Waals surface area (Å²) in [4.78, 5) is 53.2. The minimum absolute atomic E-state index is 0.0444. The molecule has 10 nitrogen and oxygen atoms in total. The second kappa shape index (κ2) is 11.1. The number of nitrogen functional groups attached to an aromatic ring is 1. The van der Waals surface area contributed by atoms with Crippen LogP contribution < -0.4 is 27.2 Å². The van der Waals surface area contributed by atoms with Crippen LogP contribution in [-0.4, -0.2) is 41.6 Å². The van der Waals surface area contributed by atoms with E-state index in [9.17, 15) is 19.2 Å². The van der Waals surface area contributed by atoms with Crippen molar-refractivity contribution in [3.63, 3.8) is 0 Å². The zero-order valence-electron chi connectivity index (χ0n) is 18.0. The maximum absolute atomic E-state index is 12.9. The summed E-state index contributed by atoms with van der Waals surface area (Å²) < 4.78 is 6.28. The zero-order valence-corrected chi connectivity index (χ0v) is 18.0. The number of nitrogens with one attached hydrogen (secondary N) is 2. The predicted molar refractivity (Wildman–Crippen MR) is 119 cm³/mol. The Morgan fingerprint density at radius 3 is 2.48 bits per heavy atom. The number of methoxy groups -OCH3 is 1. The molecule has 0 atom stereocenters. The number of nitrogens with zero attached hydrogens (tertiary/aromatic N) is 2. The quantitative estimate of drug-likeness (QED) is 0.516. The predicted octanol–water partition coefficient (Wildman–Crippen LogP) is 1.17. The number of amides is 2. The van der Waals surface area contributed by atoms with Crippen molar-refractivity contribution in [1.82, 2.24) is 9.55 Å². The Kier molecular flexibility index (Phi) is 8.56. The van der Waals surface area contributed by atoms with Gasteiger partial charge in [0, 0.05) is 38.7 Å². The third kappa shape index (κ3) is 6.54. The zero-order chi connectivity index (χ0) is 23.0. The number of rotatable bonds is 10. The smallest absolute Gasteiger partial charge is 0.330 e. The first-order valence-corrected chi connectivity index (χ1v) is 10.0. The lowest BCUT2D eigenvalue weighted by Gasteiger charge is -2.24. The van der Waals surface area contributed by atoms with Crippen LogP contribution in [0.2, 0.25) is 0 Å². The fourth-order valence-electron chi connectivity index (χ4n) is 3.03. The SMILES string of the molecule is COCCN(C(=O)CCC(=O)Nc1ccccc1)c1c(N)n(CC(C)C)c(=O)[nH]c1=O. The minimum atomic E-state index is -0.763. The van der Waals surface area contributed by atoms with Gasteiger partial charge in [0.25, 0.3) is 5.56 Å². The number of hydrogen-bond acceptors (Lipinski definition) is 6. The standard InChI is InChI=1S/C21H29N5O5/c1-14(2)13-26-19(22)18(20(29)24-21(26)30)25(11-12-31-3)17(28)10-9-16(27)23-15-7-5-4-6-8-15/h4-8,14H,9-13,22H2,1-3H3,(H,23,27)(H,24,29,30). The van der Waals surface area contributed by atoms with Crippen molar-refractivity contribution in [3.8, 4) is 0 Å². The summed E-state index contributed by atoms with van der Waals surface area (Å²) in [6, 6.07) is 8.88. The van der Waals surface area contributed by atoms with Gasteiger partial charge in [0.15, 0.2) is 5.69 Å². The van der Waals surface area contributed by atoms with E-state index in [-0.39, 0.29) is 55.9 Å². The van der Waals surface area contributed by atoms with Crippen LogP contribution in [0.15, 0.2) is 39.9 Å². The lowest BCUT2D eigenvalue weighted by Crippen LogP contribution is -2.43. The van der Waals surface area contributed by atoms with Crippen molar-refractivity contribution < 1.29 is 14.3 Å². The van der Waals surface area contributed by atoms with E-state index in [0.29, 0.717) is 5.69 Å². The van der Waals surface area contributed by atoms with E-state index in [1.807, 2.05) is 19.9 Å². The maximum Gasteiger partial charge on any atom is 0.330 e. The lowest BCUT2D eigenvalue weighted by atomic mass is 10.2. The highest BCUT2D eigenvalue weighted by atomic mass is 16.5. The number of ether oxygens (including phenoxy) is 1. The minimum Gasteiger partial charge on any atom is -0.383 e. The molecule has 168 valence electrons. The molecule has 4 N–H and O–H groups in total. The third-order valence-corrected chi connectivity index (χ3v) is 4.48. The van der Waals surface area contributed by atoms with E-state index in [2.05, 4.69) is 10.3 Å². The van der Waals surface area contributed by atoms with Crippen molar-refractivity contribution in [3.05, 3.63) is 51.2 Å². The summed E-state index contributed by atoms with van der Waals surface area (Å²) in [6.45, 7) is 4.26. The molecule has 0 spiro atoms. The average molecular weight is 431 g/mol. The Morgan fingerprint density at radius 1 is 1.19 bits per heavy atom. The Balaban J connectivity index is 2.24. The van der Waals surface area contributed by atoms with E-state index >= 15 is 0 Å². The lowest BCUT2D eigenvalue weighted by molar-refractivity contribution is -0.122. The highest BCUT2D eigenvalue weighted by Crippen LogP contribution is 2.19. The van der Waals surface area contributed by atoms with Gasteiger partial charge in [-0.05, 0) is 18.1 Å². The van der Waals surface area contributed by atoms with Gasteiger partial charge in [-0.1, -0.05) is 32.0 Å². The average Bonchev–Trinajstić information content (AvgIpc) is 2.72. The number of aromatic amines is 1. The molecule has 1 aromatic heterocycles. The topological polar surface area (TPSA) is 140 Å². The molecule has 0 fully saturated rings. The first-order valence-electron chi connectivity index (χ1n) is 10.0. The van der Waals surface area contributed by atoms with Gasteiger partial charge >= 0.3 is 5.69 Å². The molecule has 0 bridgehead atoms. The van der Waals surface area contributed by atoms with Crippen LogP contribution in [0.3, 0.4) is 0 Å². The van der Waals surface area contributed by atoms with E-state index in [1.165, 1.54) is 16.6 Å². The van der Waals surface area contributed by atoms with Crippen LogP contribution in [0, 0.1) is 5.92 Å². The molecule has 0 unspecified atom stereocenters. The van der Waals surface area contributed by atoms with Crippen molar-refractivity contribution in [1.29, 1.82) is 0 Å². The second-order valence-electron chi connectivity index (χ2n) is 7.45. The van der Waals surface area contributed by atoms with Gasteiger partial charge in [-0.15, -0.1) is 0 Å². The second-order valence-corrected chi connectivity index (χ2v) is 7.45. The highest BCUT2D eigenvalue weighted by Gasteiger charge is 2.24. The van der Waals surface area contributed by atoms with Crippen LogP contribution in [0.5, 0.6) is 0 Å². The fourth-order valence-corrected chi connectivity index (χ4v) is 3.03. The first kappa shape index (κ1) is 23.9. The number of carbonyl (C=O) groups is 2. The van der Waals surface area contributed by atoms with Crippen LogP contribution in [0.25, 0.3) is 0 Å². The van der Waals surface area contributed by atoms with Crippen LogP contribution in [-0.2, 0) is 20.9 Å². The first-order chi connectivity index (χ1) is 14.7. The number of H-pyrrole nitrogens is 1. The van der Waals surface area contributed by atoms with Crippen LogP contribution >= 0.6 is 0 Å². The molecule has 10 heteroatoms. The monoisotopic (exact) mass is 431 g/mol. The molecule has 31 heavy (non-hydrogen) atoms. The molecule has 2 amide bonds. The summed E-state index contributed by atoms with van der Waals surface area (Å²) in [5, 5.41) is 2.71. The van der Waals surface area contributed by atoms with Gasteiger partial charge in [0.05, 0.1) is 6.61 Å². The Morgan fingerprint density at radius 2 is 1.87 bits per heavy atom. The molecule has 2 aromatic rings. The number of para-hydroxylation sites is 1. The van der Waals surface area contributed by atoms with Crippen molar-refractivity contribution in [2.24, 2.45) is 5.92 Å². The fraction of sp³-hybridized carbons (Fsp3) is 0.429. The molecule has 1 heterocycles. The van der Waals surface area contributed by atoms with Gasteiger partial charge in [0.1, 0.15) is 5.82 Å². The van der Waals surface area contributed by atoms with Gasteiger partial charge < -0.3 is 20.7 Å². The molecule has 0 aliphatic rings. The summed E-state index contributed by atoms with van der Waals surface area (Å²) in [5.41, 5.74) is 5.23.